The smallest absolute Gasteiger partial charge is 0.241 e. The van der Waals surface area contributed by atoms with E-state index in [0.717, 1.165) is 49.4 Å². The number of nitrogens with one attached hydrogen (secondary N) is 1. The van der Waals surface area contributed by atoms with Crippen molar-refractivity contribution in [1.82, 2.24) is 29.9 Å². The molecule has 5 rings (SSSR count). The molecule has 3 heterocycles. The standard InChI is InChI=1S/C28H32N6O2/c1-20-3-9-24(10-4-20)27-31-26(36-32-27)19-33-14-11-25(12-15-33)28(35)30-17-22-5-7-23(8-6-22)18-34-16-13-29-21(34)2/h3-10,13,16,25H,11-12,14-15,17-19H2,1-2H3,(H,30,35). The highest BCUT2D eigenvalue weighted by molar-refractivity contribution is 5.78. The van der Waals surface area contributed by atoms with Gasteiger partial charge in [-0.3, -0.25) is 9.69 Å². The average molecular weight is 485 g/mol. The van der Waals surface area contributed by atoms with Gasteiger partial charge in [0.1, 0.15) is 5.82 Å². The number of hydrogen-bond donors (Lipinski definition) is 1. The topological polar surface area (TPSA) is 89.1 Å². The maximum atomic E-state index is 12.8. The predicted molar refractivity (Wildman–Crippen MR) is 137 cm³/mol. The Balaban J connectivity index is 1.05. The van der Waals surface area contributed by atoms with E-state index in [2.05, 4.69) is 61.1 Å². The van der Waals surface area contributed by atoms with Crippen LogP contribution in [0.5, 0.6) is 0 Å². The van der Waals surface area contributed by atoms with Crippen LogP contribution >= 0.6 is 0 Å². The highest BCUT2D eigenvalue weighted by Crippen LogP contribution is 2.21. The molecule has 0 atom stereocenters. The normalized spacial score (nSPS) is 14.7. The van der Waals surface area contributed by atoms with E-state index in [4.69, 9.17) is 4.52 Å². The van der Waals surface area contributed by atoms with Crippen molar-refractivity contribution >= 4 is 5.91 Å². The van der Waals surface area contributed by atoms with Crippen molar-refractivity contribution in [2.24, 2.45) is 5.92 Å². The van der Waals surface area contributed by atoms with Gasteiger partial charge in [-0.05, 0) is 50.9 Å². The van der Waals surface area contributed by atoms with Gasteiger partial charge in [-0.25, -0.2) is 4.98 Å². The van der Waals surface area contributed by atoms with Gasteiger partial charge in [-0.1, -0.05) is 59.3 Å². The number of imidazole rings is 1. The van der Waals surface area contributed by atoms with Crippen molar-refractivity contribution < 1.29 is 9.32 Å². The zero-order valence-corrected chi connectivity index (χ0v) is 20.9. The highest BCUT2D eigenvalue weighted by atomic mass is 16.5. The van der Waals surface area contributed by atoms with E-state index in [0.29, 0.717) is 24.8 Å². The van der Waals surface area contributed by atoms with Crippen LogP contribution in [0.1, 0.15) is 41.2 Å². The van der Waals surface area contributed by atoms with Crippen LogP contribution < -0.4 is 5.32 Å². The van der Waals surface area contributed by atoms with Crippen LogP contribution in [0.15, 0.2) is 65.4 Å². The largest absolute Gasteiger partial charge is 0.352 e. The molecule has 8 heteroatoms. The molecule has 0 saturated carbocycles. The van der Waals surface area contributed by atoms with Gasteiger partial charge in [0.05, 0.1) is 6.54 Å². The zero-order chi connectivity index (χ0) is 24.9. The number of carbonyl (C=O) groups excluding carboxylic acids is 1. The number of likely N-dealkylation sites (tertiary alicyclic amines) is 1. The van der Waals surface area contributed by atoms with Crippen LogP contribution in [0.2, 0.25) is 0 Å². The van der Waals surface area contributed by atoms with Gasteiger partial charge >= 0.3 is 0 Å². The molecule has 2 aromatic heterocycles. The third-order valence-electron chi connectivity index (χ3n) is 6.86. The van der Waals surface area contributed by atoms with Crippen LogP contribution in [0, 0.1) is 19.8 Å². The van der Waals surface area contributed by atoms with E-state index in [9.17, 15) is 4.79 Å². The lowest BCUT2D eigenvalue weighted by molar-refractivity contribution is -0.126. The summed E-state index contributed by atoms with van der Waals surface area (Å²) in [6.07, 6.45) is 5.46. The van der Waals surface area contributed by atoms with Crippen LogP contribution in [0.25, 0.3) is 11.4 Å². The zero-order valence-electron chi connectivity index (χ0n) is 20.9. The van der Waals surface area contributed by atoms with E-state index in [1.807, 2.05) is 43.6 Å². The number of hydrogen-bond acceptors (Lipinski definition) is 6. The molecule has 0 spiro atoms. The molecular weight excluding hydrogens is 452 g/mol. The second-order valence-corrected chi connectivity index (χ2v) is 9.56. The van der Waals surface area contributed by atoms with Crippen molar-refractivity contribution in [3.05, 3.63) is 89.3 Å². The van der Waals surface area contributed by atoms with E-state index >= 15 is 0 Å². The van der Waals surface area contributed by atoms with E-state index in [1.165, 1.54) is 11.1 Å². The summed E-state index contributed by atoms with van der Waals surface area (Å²) in [5, 5.41) is 7.24. The first-order valence-electron chi connectivity index (χ1n) is 12.5. The molecule has 1 aliphatic rings. The molecule has 1 amide bonds. The molecule has 8 nitrogen and oxygen atoms in total. The van der Waals surface area contributed by atoms with Gasteiger partial charge in [0.2, 0.25) is 17.6 Å². The molecule has 1 saturated heterocycles. The number of carbonyl (C=O) groups is 1. The Bertz CT molecular complexity index is 1280. The van der Waals surface area contributed by atoms with E-state index < -0.39 is 0 Å². The number of benzene rings is 2. The molecule has 1 aliphatic heterocycles. The van der Waals surface area contributed by atoms with Gasteiger partial charge in [-0.2, -0.15) is 4.98 Å². The summed E-state index contributed by atoms with van der Waals surface area (Å²) in [5.41, 5.74) is 4.47. The molecule has 0 radical (unpaired) electrons. The third kappa shape index (κ3) is 5.88. The minimum absolute atomic E-state index is 0.0375. The Morgan fingerprint density at radius 1 is 1.00 bits per heavy atom. The van der Waals surface area contributed by atoms with Gasteiger partial charge in [0, 0.05) is 37.0 Å². The van der Waals surface area contributed by atoms with Crippen LogP contribution in [0.3, 0.4) is 0 Å². The summed E-state index contributed by atoms with van der Waals surface area (Å²) in [4.78, 5) is 23.8. The first-order chi connectivity index (χ1) is 17.5. The molecule has 186 valence electrons. The molecule has 0 bridgehead atoms. The maximum absolute atomic E-state index is 12.8. The first-order valence-corrected chi connectivity index (χ1v) is 12.5. The Labute approximate surface area is 211 Å². The number of aryl methyl sites for hydroxylation is 2. The van der Waals surface area contributed by atoms with Crippen molar-refractivity contribution in [1.29, 1.82) is 0 Å². The van der Waals surface area contributed by atoms with Gasteiger partial charge in [0.15, 0.2) is 0 Å². The number of aromatic nitrogens is 4. The maximum Gasteiger partial charge on any atom is 0.241 e. The predicted octanol–water partition coefficient (Wildman–Crippen LogP) is 4.13. The van der Waals surface area contributed by atoms with Crippen LogP contribution in [0.4, 0.5) is 0 Å². The first kappa shape index (κ1) is 23.9. The summed E-state index contributed by atoms with van der Waals surface area (Å²) in [7, 11) is 0. The Hall–Kier alpha value is -3.78. The fourth-order valence-corrected chi connectivity index (χ4v) is 4.55. The molecule has 1 fully saturated rings. The van der Waals surface area contributed by atoms with Crippen molar-refractivity contribution in [3.63, 3.8) is 0 Å². The molecule has 0 unspecified atom stereocenters. The van der Waals surface area contributed by atoms with Crippen LogP contribution in [-0.2, 0) is 24.4 Å². The summed E-state index contributed by atoms with van der Waals surface area (Å²) in [5.74, 6) is 2.40. The van der Waals surface area contributed by atoms with Crippen molar-refractivity contribution in [2.75, 3.05) is 13.1 Å². The third-order valence-corrected chi connectivity index (χ3v) is 6.86. The summed E-state index contributed by atoms with van der Waals surface area (Å²) >= 11 is 0. The Kier molecular flexibility index (Phi) is 7.23. The summed E-state index contributed by atoms with van der Waals surface area (Å²) in [6, 6.07) is 16.5. The molecule has 0 aliphatic carbocycles. The van der Waals surface area contributed by atoms with Crippen LogP contribution in [-0.4, -0.2) is 43.6 Å². The molecule has 2 aromatic carbocycles. The quantitative estimate of drug-likeness (QED) is 0.405. The summed E-state index contributed by atoms with van der Waals surface area (Å²) in [6.45, 7) is 7.68. The lowest BCUT2D eigenvalue weighted by Gasteiger charge is -2.30. The molecule has 1 N–H and O–H groups in total. The molecular formula is C28H32N6O2. The monoisotopic (exact) mass is 484 g/mol. The number of nitrogens with zero attached hydrogens (tertiary/aromatic N) is 5. The van der Waals surface area contributed by atoms with E-state index in [1.54, 1.807) is 0 Å². The van der Waals surface area contributed by atoms with E-state index in [-0.39, 0.29) is 11.8 Å². The van der Waals surface area contributed by atoms with Crippen molar-refractivity contribution in [3.8, 4) is 11.4 Å². The minimum atomic E-state index is 0.0375. The fraction of sp³-hybridized carbons (Fsp3) is 0.357. The molecule has 36 heavy (non-hydrogen) atoms. The number of amides is 1. The molecule has 4 aromatic rings. The van der Waals surface area contributed by atoms with Crippen molar-refractivity contribution in [2.45, 2.75) is 46.3 Å². The SMILES string of the molecule is Cc1ccc(-c2noc(CN3CCC(C(=O)NCc4ccc(Cn5ccnc5C)cc4)CC3)n2)cc1. The number of rotatable bonds is 8. The van der Waals surface area contributed by atoms with Gasteiger partial charge < -0.3 is 14.4 Å². The highest BCUT2D eigenvalue weighted by Gasteiger charge is 2.26. The van der Waals surface area contributed by atoms with Gasteiger partial charge in [0.25, 0.3) is 0 Å². The lowest BCUT2D eigenvalue weighted by Crippen LogP contribution is -2.40. The Morgan fingerprint density at radius 3 is 2.42 bits per heavy atom. The van der Waals surface area contributed by atoms with Gasteiger partial charge in [-0.15, -0.1) is 0 Å². The minimum Gasteiger partial charge on any atom is -0.352 e. The second kappa shape index (κ2) is 10.9. The second-order valence-electron chi connectivity index (χ2n) is 9.56. The summed E-state index contributed by atoms with van der Waals surface area (Å²) < 4.78 is 7.59. The fourth-order valence-electron chi connectivity index (χ4n) is 4.55. The Morgan fingerprint density at radius 2 is 1.72 bits per heavy atom. The lowest BCUT2D eigenvalue weighted by atomic mass is 9.96. The number of piperidine rings is 1. The average Bonchev–Trinajstić information content (AvgIpc) is 3.53.